The van der Waals surface area contributed by atoms with Crippen LogP contribution in [0.15, 0.2) is 60.8 Å². The predicted molar refractivity (Wildman–Crippen MR) is 139 cm³/mol. The molecule has 2 aromatic carbocycles. The molecule has 0 bridgehead atoms. The Labute approximate surface area is 219 Å². The summed E-state index contributed by atoms with van der Waals surface area (Å²) in [4.78, 5) is 41.4. The molecule has 1 saturated carbocycles. The number of nitrogens with one attached hydrogen (secondary N) is 2. The summed E-state index contributed by atoms with van der Waals surface area (Å²) in [6.07, 6.45) is 3.77. The summed E-state index contributed by atoms with van der Waals surface area (Å²) in [5, 5.41) is 24.1. The molecule has 9 heteroatoms. The number of ether oxygens (including phenoxy) is 1. The molecular formula is C29H26N4O5. The largest absolute Gasteiger partial charge is 0.493 e. The van der Waals surface area contributed by atoms with Crippen molar-refractivity contribution in [3.63, 3.8) is 0 Å². The Morgan fingerprint density at radius 2 is 2.00 bits per heavy atom. The van der Waals surface area contributed by atoms with Crippen molar-refractivity contribution in [2.24, 2.45) is 5.92 Å². The number of rotatable bonds is 8. The average molecular weight is 511 g/mol. The summed E-state index contributed by atoms with van der Waals surface area (Å²) in [6, 6.07) is 17.7. The van der Waals surface area contributed by atoms with E-state index in [1.54, 1.807) is 60.8 Å². The van der Waals surface area contributed by atoms with Gasteiger partial charge in [0.25, 0.3) is 5.91 Å². The maximum Gasteiger partial charge on any atom is 0.303 e. The maximum absolute atomic E-state index is 13.4. The molecule has 0 saturated heterocycles. The van der Waals surface area contributed by atoms with Gasteiger partial charge in [-0.25, -0.2) is 4.98 Å². The second kappa shape index (κ2) is 10.3. The van der Waals surface area contributed by atoms with E-state index in [9.17, 15) is 19.6 Å². The molecule has 1 fully saturated rings. The van der Waals surface area contributed by atoms with E-state index in [4.69, 9.17) is 9.84 Å². The van der Waals surface area contributed by atoms with Gasteiger partial charge in [-0.1, -0.05) is 12.1 Å². The Morgan fingerprint density at radius 1 is 1.13 bits per heavy atom. The number of nitrogens with zero attached hydrogens (tertiary/aromatic N) is 2. The Balaban J connectivity index is 1.35. The lowest BCUT2D eigenvalue weighted by atomic mass is 9.86. The quantitative estimate of drug-likeness (QED) is 0.410. The molecule has 2 amide bonds. The van der Waals surface area contributed by atoms with Gasteiger partial charge in [0.2, 0.25) is 5.91 Å². The van der Waals surface area contributed by atoms with Crippen molar-refractivity contribution >= 4 is 29.3 Å². The summed E-state index contributed by atoms with van der Waals surface area (Å²) < 4.78 is 5.85. The molecule has 3 aromatic rings. The van der Waals surface area contributed by atoms with Crippen molar-refractivity contribution in [3.05, 3.63) is 83.0 Å². The van der Waals surface area contributed by atoms with E-state index in [0.717, 1.165) is 11.1 Å². The van der Waals surface area contributed by atoms with E-state index < -0.39 is 11.4 Å². The zero-order valence-electron chi connectivity index (χ0n) is 20.6. The first-order valence-corrected chi connectivity index (χ1v) is 12.4. The van der Waals surface area contributed by atoms with Crippen LogP contribution in [0.3, 0.4) is 0 Å². The highest BCUT2D eigenvalue weighted by Gasteiger charge is 2.61. The van der Waals surface area contributed by atoms with Crippen LogP contribution in [0.1, 0.15) is 52.7 Å². The molecule has 192 valence electrons. The van der Waals surface area contributed by atoms with Crippen LogP contribution >= 0.6 is 0 Å². The number of carboxylic acids is 1. The van der Waals surface area contributed by atoms with Crippen LogP contribution in [0.2, 0.25) is 0 Å². The number of carboxylic acid groups (broad SMARTS) is 1. The Hall–Kier alpha value is -4.71. The number of carbonyl (C=O) groups excluding carboxylic acids is 2. The van der Waals surface area contributed by atoms with Crippen LogP contribution in [0, 0.1) is 17.2 Å². The predicted octanol–water partition coefficient (Wildman–Crippen LogP) is 4.29. The molecule has 1 aliphatic heterocycles. The van der Waals surface area contributed by atoms with Gasteiger partial charge in [0.15, 0.2) is 0 Å². The molecule has 2 heterocycles. The number of benzene rings is 2. The third-order valence-electron chi connectivity index (χ3n) is 7.22. The number of amides is 2. The van der Waals surface area contributed by atoms with Gasteiger partial charge in [0.1, 0.15) is 11.6 Å². The Kier molecular flexibility index (Phi) is 6.79. The van der Waals surface area contributed by atoms with E-state index in [-0.39, 0.29) is 24.2 Å². The first-order chi connectivity index (χ1) is 18.4. The second-order valence-electron chi connectivity index (χ2n) is 9.61. The molecule has 2 aliphatic rings. The monoisotopic (exact) mass is 510 g/mol. The van der Waals surface area contributed by atoms with E-state index in [1.165, 1.54) is 0 Å². The fourth-order valence-corrected chi connectivity index (χ4v) is 5.14. The van der Waals surface area contributed by atoms with Gasteiger partial charge < -0.3 is 20.5 Å². The molecule has 38 heavy (non-hydrogen) atoms. The fraction of sp³-hybridized carbons (Fsp3) is 0.276. The van der Waals surface area contributed by atoms with Gasteiger partial charge in [0, 0.05) is 40.8 Å². The minimum absolute atomic E-state index is 0.0200. The topological polar surface area (TPSA) is 141 Å². The minimum atomic E-state index is -0.879. The third-order valence-corrected chi connectivity index (χ3v) is 7.22. The molecule has 0 radical (unpaired) electrons. The van der Waals surface area contributed by atoms with Crippen LogP contribution in [0.25, 0.3) is 0 Å². The number of anilines is 2. The number of pyridine rings is 1. The lowest BCUT2D eigenvalue weighted by molar-refractivity contribution is -0.137. The van der Waals surface area contributed by atoms with Crippen molar-refractivity contribution in [1.82, 2.24) is 4.98 Å². The van der Waals surface area contributed by atoms with E-state index in [0.29, 0.717) is 60.7 Å². The summed E-state index contributed by atoms with van der Waals surface area (Å²) in [5.74, 6) is -0.554. The maximum atomic E-state index is 13.4. The molecule has 2 unspecified atom stereocenters. The number of aryl methyl sites for hydroxylation is 1. The van der Waals surface area contributed by atoms with E-state index >= 15 is 0 Å². The Morgan fingerprint density at radius 3 is 2.76 bits per heavy atom. The summed E-state index contributed by atoms with van der Waals surface area (Å²) >= 11 is 0. The van der Waals surface area contributed by atoms with Gasteiger partial charge in [0.05, 0.1) is 18.2 Å². The molecule has 5 rings (SSSR count). The number of nitriles is 1. The van der Waals surface area contributed by atoms with Gasteiger partial charge in [-0.05, 0) is 73.7 Å². The fourth-order valence-electron chi connectivity index (χ4n) is 5.14. The smallest absolute Gasteiger partial charge is 0.303 e. The lowest BCUT2D eigenvalue weighted by Crippen LogP contribution is -2.27. The van der Waals surface area contributed by atoms with E-state index in [1.807, 2.05) is 0 Å². The molecule has 1 aliphatic carbocycles. The normalized spacial score (nSPS) is 19.0. The number of aliphatic carboxylic acids is 1. The molecule has 9 nitrogen and oxygen atoms in total. The highest BCUT2D eigenvalue weighted by molar-refractivity contribution is 6.04. The lowest BCUT2D eigenvalue weighted by Gasteiger charge is -2.27. The first-order valence-electron chi connectivity index (χ1n) is 12.4. The van der Waals surface area contributed by atoms with Crippen molar-refractivity contribution in [2.45, 2.75) is 37.5 Å². The van der Waals surface area contributed by atoms with E-state index in [2.05, 4.69) is 21.7 Å². The minimum Gasteiger partial charge on any atom is -0.493 e. The molecule has 3 N–H and O–H groups in total. The zero-order chi connectivity index (χ0) is 26.7. The SMILES string of the molecule is N#Cc1ccc(CCCC(=O)O)c(NC(=O)C2CC23CCOc2ccc(C(=O)Nc4ccccn4)cc23)c1. The van der Waals surface area contributed by atoms with Crippen molar-refractivity contribution in [1.29, 1.82) is 5.26 Å². The third kappa shape index (κ3) is 5.06. The molecule has 1 aromatic heterocycles. The Bertz CT molecular complexity index is 1450. The highest BCUT2D eigenvalue weighted by atomic mass is 16.5. The number of carbonyl (C=O) groups is 3. The first kappa shape index (κ1) is 25.0. The summed E-state index contributed by atoms with van der Waals surface area (Å²) in [5.41, 5.74) is 2.58. The number of hydrogen-bond acceptors (Lipinski definition) is 6. The van der Waals surface area contributed by atoms with Crippen LogP contribution < -0.4 is 15.4 Å². The van der Waals surface area contributed by atoms with Crippen molar-refractivity contribution < 1.29 is 24.2 Å². The van der Waals surface area contributed by atoms with Crippen molar-refractivity contribution in [3.8, 4) is 11.8 Å². The van der Waals surface area contributed by atoms with Crippen LogP contribution in [-0.2, 0) is 21.4 Å². The summed E-state index contributed by atoms with van der Waals surface area (Å²) in [7, 11) is 0. The van der Waals surface area contributed by atoms with Gasteiger partial charge >= 0.3 is 5.97 Å². The van der Waals surface area contributed by atoms with Gasteiger partial charge in [-0.3, -0.25) is 14.4 Å². The standard InChI is InChI=1S/C29H26N4O5/c30-17-18-7-8-19(4-3-6-26(34)35)23(14-18)32-28(37)22-16-29(22)11-13-38-24-10-9-20(15-21(24)29)27(36)33-25-5-1-2-12-31-25/h1-2,5,7-10,12,14-15,22H,3-4,6,11,13,16H2,(H,32,37)(H,34,35)(H,31,33,36). The second-order valence-corrected chi connectivity index (χ2v) is 9.61. The number of aromatic nitrogens is 1. The molecular weight excluding hydrogens is 484 g/mol. The van der Waals surface area contributed by atoms with Crippen LogP contribution in [0.4, 0.5) is 11.5 Å². The van der Waals surface area contributed by atoms with Crippen LogP contribution in [-0.4, -0.2) is 34.5 Å². The molecule has 1 spiro atoms. The number of hydrogen-bond donors (Lipinski definition) is 3. The van der Waals surface area contributed by atoms with Crippen molar-refractivity contribution in [2.75, 3.05) is 17.2 Å². The summed E-state index contributed by atoms with van der Waals surface area (Å²) in [6.45, 7) is 0.473. The highest BCUT2D eigenvalue weighted by Crippen LogP contribution is 2.61. The molecule has 2 atom stereocenters. The zero-order valence-corrected chi connectivity index (χ0v) is 20.6. The average Bonchev–Trinajstić information content (AvgIpc) is 3.64. The van der Waals surface area contributed by atoms with Crippen LogP contribution in [0.5, 0.6) is 5.75 Å². The number of fused-ring (bicyclic) bond motifs is 2. The van der Waals surface area contributed by atoms with Gasteiger partial charge in [-0.2, -0.15) is 5.26 Å². The van der Waals surface area contributed by atoms with Gasteiger partial charge in [-0.15, -0.1) is 0 Å².